The molecule has 6 atom stereocenters. The zero-order valence-electron chi connectivity index (χ0n) is 25.7. The van der Waals surface area contributed by atoms with Crippen molar-refractivity contribution in [3.63, 3.8) is 0 Å². The number of para-hydroxylation sites is 1. The van der Waals surface area contributed by atoms with Gasteiger partial charge in [-0.1, -0.05) is 49.4 Å². The lowest BCUT2D eigenvalue weighted by atomic mass is 9.66. The average molecular weight is 602 g/mol. The summed E-state index contributed by atoms with van der Waals surface area (Å²) in [5.74, 6) is -1.82. The molecule has 0 radical (unpaired) electrons. The number of hydrogen-bond acceptors (Lipinski definition) is 5. The zero-order chi connectivity index (χ0) is 31.1. The fourth-order valence-electron chi connectivity index (χ4n) is 7.65. The van der Waals surface area contributed by atoms with Gasteiger partial charge in [-0.05, 0) is 69.4 Å². The van der Waals surface area contributed by atoms with Crippen LogP contribution < -0.4 is 9.80 Å². The Labute approximate surface area is 259 Å². The van der Waals surface area contributed by atoms with E-state index < -0.39 is 33.4 Å². The lowest BCUT2D eigenvalue weighted by Gasteiger charge is -2.39. The molecule has 3 aliphatic rings. The number of amides is 3. The zero-order valence-corrected chi connectivity index (χ0v) is 26.5. The van der Waals surface area contributed by atoms with Crippen molar-refractivity contribution in [1.82, 2.24) is 4.90 Å². The molecule has 228 valence electrons. The number of nitrogens with zero attached hydrogens (tertiary/aromatic N) is 3. The van der Waals surface area contributed by atoms with Crippen molar-refractivity contribution in [3.8, 4) is 0 Å². The maximum absolute atomic E-state index is 14.9. The van der Waals surface area contributed by atoms with Crippen molar-refractivity contribution in [2.45, 2.75) is 68.5 Å². The number of hydrogen-bond donors (Lipinski definition) is 1. The van der Waals surface area contributed by atoms with Crippen LogP contribution in [0, 0.1) is 25.7 Å². The number of aryl methyl sites for hydroxylation is 2. The van der Waals surface area contributed by atoms with E-state index in [1.54, 1.807) is 38.6 Å². The van der Waals surface area contributed by atoms with Crippen LogP contribution in [0.2, 0.25) is 0 Å². The predicted octanol–water partition coefficient (Wildman–Crippen LogP) is 5.29. The molecule has 7 nitrogen and oxygen atoms in total. The smallest absolute Gasteiger partial charge is 0.251 e. The van der Waals surface area contributed by atoms with Crippen LogP contribution in [0.5, 0.6) is 0 Å². The number of aliphatic hydroxyl groups is 1. The van der Waals surface area contributed by atoms with Crippen LogP contribution in [0.3, 0.4) is 0 Å². The molecule has 2 unspecified atom stereocenters. The molecule has 2 aromatic carbocycles. The Kier molecular flexibility index (Phi) is 8.65. The minimum absolute atomic E-state index is 0.122. The van der Waals surface area contributed by atoms with Crippen molar-refractivity contribution >= 4 is 40.9 Å². The number of thioether (sulfide) groups is 1. The molecular formula is C35H43N3O4S. The highest BCUT2D eigenvalue weighted by Gasteiger charge is 2.78. The van der Waals surface area contributed by atoms with Gasteiger partial charge in [-0.3, -0.25) is 14.4 Å². The third-order valence-corrected chi connectivity index (χ3v) is 11.7. The first-order chi connectivity index (χ1) is 20.6. The number of fused-ring (bicyclic) bond motifs is 1. The largest absolute Gasteiger partial charge is 0.394 e. The van der Waals surface area contributed by atoms with Gasteiger partial charge in [0.05, 0.1) is 29.2 Å². The number of aliphatic hydroxyl groups excluding tert-OH is 1. The van der Waals surface area contributed by atoms with Crippen LogP contribution in [0.25, 0.3) is 0 Å². The predicted molar refractivity (Wildman–Crippen MR) is 174 cm³/mol. The van der Waals surface area contributed by atoms with Crippen LogP contribution in [0.4, 0.5) is 11.4 Å². The van der Waals surface area contributed by atoms with Gasteiger partial charge in [-0.25, -0.2) is 0 Å². The number of anilines is 2. The molecule has 5 rings (SSSR count). The molecule has 3 saturated heterocycles. The quantitative estimate of drug-likeness (QED) is 0.354. The maximum atomic E-state index is 14.9. The molecule has 2 aromatic rings. The van der Waals surface area contributed by atoms with E-state index in [2.05, 4.69) is 20.1 Å². The van der Waals surface area contributed by atoms with Crippen molar-refractivity contribution in [3.05, 3.63) is 85.0 Å². The molecule has 3 fully saturated rings. The van der Waals surface area contributed by atoms with E-state index in [9.17, 15) is 19.5 Å². The molecule has 3 heterocycles. The third-order valence-electron chi connectivity index (χ3n) is 9.67. The van der Waals surface area contributed by atoms with Crippen LogP contribution in [0.1, 0.15) is 44.2 Å². The molecule has 3 aliphatic heterocycles. The van der Waals surface area contributed by atoms with Gasteiger partial charge in [0.1, 0.15) is 6.04 Å². The number of carbonyl (C=O) groups is 3. The first-order valence-electron chi connectivity index (χ1n) is 15.2. The van der Waals surface area contributed by atoms with Gasteiger partial charge in [-0.2, -0.15) is 0 Å². The van der Waals surface area contributed by atoms with E-state index in [1.807, 2.05) is 69.3 Å². The Morgan fingerprint density at radius 1 is 1.07 bits per heavy atom. The van der Waals surface area contributed by atoms with E-state index in [1.165, 1.54) is 0 Å². The SMILES string of the molecule is C=CCN(C(=O)[C@H]1[C@H]2C(=O)N([C@@H](CC)CO)C(C(=O)N(CC=C)c3cc(C)ccc3C)C23CC[C@]1(C)S3)c1ccccc1. The summed E-state index contributed by atoms with van der Waals surface area (Å²) in [5.41, 5.74) is 3.51. The van der Waals surface area contributed by atoms with Gasteiger partial charge in [0.2, 0.25) is 11.8 Å². The van der Waals surface area contributed by atoms with Crippen molar-refractivity contribution in [2.24, 2.45) is 11.8 Å². The normalized spacial score (nSPS) is 28.0. The van der Waals surface area contributed by atoms with E-state index in [4.69, 9.17) is 0 Å². The molecule has 1 spiro atoms. The maximum Gasteiger partial charge on any atom is 0.251 e. The summed E-state index contributed by atoms with van der Waals surface area (Å²) >= 11 is 1.65. The van der Waals surface area contributed by atoms with Gasteiger partial charge < -0.3 is 19.8 Å². The van der Waals surface area contributed by atoms with Gasteiger partial charge in [0, 0.05) is 29.2 Å². The second-order valence-electron chi connectivity index (χ2n) is 12.3. The van der Waals surface area contributed by atoms with Crippen LogP contribution in [-0.2, 0) is 14.4 Å². The van der Waals surface area contributed by atoms with Crippen molar-refractivity contribution < 1.29 is 19.5 Å². The third kappa shape index (κ3) is 4.92. The van der Waals surface area contributed by atoms with Gasteiger partial charge in [-0.15, -0.1) is 24.9 Å². The lowest BCUT2D eigenvalue weighted by molar-refractivity contribution is -0.142. The summed E-state index contributed by atoms with van der Waals surface area (Å²) in [6.07, 6.45) is 5.26. The molecule has 8 heteroatoms. The van der Waals surface area contributed by atoms with Gasteiger partial charge in [0.25, 0.3) is 5.91 Å². The highest BCUT2D eigenvalue weighted by Crippen LogP contribution is 2.72. The average Bonchev–Trinajstić information content (AvgIpc) is 3.57. The Balaban J connectivity index is 1.64. The highest BCUT2D eigenvalue weighted by atomic mass is 32.2. The topological polar surface area (TPSA) is 81.2 Å². The van der Waals surface area contributed by atoms with Gasteiger partial charge in [0.15, 0.2) is 0 Å². The molecule has 0 saturated carbocycles. The minimum atomic E-state index is -0.823. The Morgan fingerprint density at radius 3 is 2.37 bits per heavy atom. The van der Waals surface area contributed by atoms with Crippen LogP contribution in [0.15, 0.2) is 73.8 Å². The Bertz CT molecular complexity index is 1430. The summed E-state index contributed by atoms with van der Waals surface area (Å²) in [6, 6.07) is 14.1. The fraction of sp³-hybridized carbons (Fsp3) is 0.457. The van der Waals surface area contributed by atoms with E-state index >= 15 is 0 Å². The number of rotatable bonds is 11. The Hall–Kier alpha value is -3.36. The first kappa shape index (κ1) is 31.1. The first-order valence-corrected chi connectivity index (χ1v) is 16.0. The fourth-order valence-corrected chi connectivity index (χ4v) is 9.98. The molecule has 0 aromatic heterocycles. The number of benzene rings is 2. The summed E-state index contributed by atoms with van der Waals surface area (Å²) < 4.78 is -1.31. The van der Waals surface area contributed by atoms with Gasteiger partial charge >= 0.3 is 0 Å². The monoisotopic (exact) mass is 601 g/mol. The van der Waals surface area contributed by atoms with E-state index in [-0.39, 0.29) is 30.9 Å². The molecule has 43 heavy (non-hydrogen) atoms. The summed E-state index contributed by atoms with van der Waals surface area (Å²) in [5, 5.41) is 10.5. The molecular weight excluding hydrogens is 558 g/mol. The van der Waals surface area contributed by atoms with Crippen molar-refractivity contribution in [2.75, 3.05) is 29.5 Å². The molecule has 3 amide bonds. The van der Waals surface area contributed by atoms with Crippen LogP contribution >= 0.6 is 11.8 Å². The second kappa shape index (κ2) is 12.0. The standard InChI is InChI=1S/C35H43N3O4S/c1-7-19-36(26-13-11-10-12-14-26)31(40)28-29-32(41)38(25(9-3)22-39)30(35(29)18-17-34(28,6)43-35)33(42)37(20-8-2)27-21-23(4)15-16-24(27)5/h7-8,10-16,21,25,28-30,39H,1-2,9,17-20,22H2,3-6H3/t25-,28+,29-,30?,34-,35?/m0/s1. The van der Waals surface area contributed by atoms with Crippen LogP contribution in [-0.4, -0.2) is 69.0 Å². The van der Waals surface area contributed by atoms with E-state index in [0.29, 0.717) is 25.8 Å². The van der Waals surface area contributed by atoms with Crippen molar-refractivity contribution in [1.29, 1.82) is 0 Å². The summed E-state index contributed by atoms with van der Waals surface area (Å²) in [4.78, 5) is 49.3. The summed E-state index contributed by atoms with van der Waals surface area (Å²) in [7, 11) is 0. The number of carbonyl (C=O) groups excluding carboxylic acids is 3. The lowest BCUT2D eigenvalue weighted by Crippen LogP contribution is -2.57. The summed E-state index contributed by atoms with van der Waals surface area (Å²) in [6.45, 7) is 16.1. The molecule has 1 N–H and O–H groups in total. The number of likely N-dealkylation sites (tertiary alicyclic amines) is 1. The minimum Gasteiger partial charge on any atom is -0.394 e. The highest BCUT2D eigenvalue weighted by molar-refractivity contribution is 8.02. The van der Waals surface area contributed by atoms with E-state index in [0.717, 1.165) is 22.5 Å². The molecule has 2 bridgehead atoms. The molecule has 0 aliphatic carbocycles. The Morgan fingerprint density at radius 2 is 1.74 bits per heavy atom. The second-order valence-corrected chi connectivity index (χ2v) is 14.2.